The van der Waals surface area contributed by atoms with Gasteiger partial charge in [-0.05, 0) is 40.9 Å². The number of para-hydroxylation sites is 1. The fourth-order valence-electron chi connectivity index (χ4n) is 3.05. The Labute approximate surface area is 161 Å². The molecule has 0 amide bonds. The molecule has 0 bridgehead atoms. The maximum absolute atomic E-state index is 5.64. The fourth-order valence-corrected chi connectivity index (χ4v) is 3.28. The van der Waals surface area contributed by atoms with Crippen LogP contribution in [-0.4, -0.2) is 5.11 Å². The maximum atomic E-state index is 5.64. The third-order valence-electron chi connectivity index (χ3n) is 4.37. The fraction of sp³-hybridized carbons (Fsp3) is 0.174. The van der Waals surface area contributed by atoms with Gasteiger partial charge in [0.2, 0.25) is 0 Å². The number of nitrogens with one attached hydrogen (secondary N) is 2. The molecule has 0 heterocycles. The predicted molar refractivity (Wildman–Crippen MR) is 115 cm³/mol. The van der Waals surface area contributed by atoms with Crippen molar-refractivity contribution in [2.45, 2.75) is 25.8 Å². The first-order valence-corrected chi connectivity index (χ1v) is 9.32. The van der Waals surface area contributed by atoms with E-state index in [2.05, 4.69) is 91.2 Å². The zero-order valence-corrected chi connectivity index (χ0v) is 16.0. The average Bonchev–Trinajstić information content (AvgIpc) is 2.68. The zero-order chi connectivity index (χ0) is 18.4. The molecule has 0 unspecified atom stereocenters. The summed E-state index contributed by atoms with van der Waals surface area (Å²) in [6.45, 7) is 4.38. The Morgan fingerprint density at radius 2 is 1.23 bits per heavy atom. The van der Waals surface area contributed by atoms with E-state index in [-0.39, 0.29) is 6.04 Å². The highest BCUT2D eigenvalue weighted by atomic mass is 32.1. The first kappa shape index (κ1) is 18.2. The van der Waals surface area contributed by atoms with Gasteiger partial charge in [0.25, 0.3) is 0 Å². The van der Waals surface area contributed by atoms with Crippen LogP contribution in [0.15, 0.2) is 84.9 Å². The van der Waals surface area contributed by atoms with Gasteiger partial charge in [-0.25, -0.2) is 0 Å². The van der Waals surface area contributed by atoms with Crippen molar-refractivity contribution in [2.75, 3.05) is 5.32 Å². The first-order chi connectivity index (χ1) is 12.6. The molecule has 26 heavy (non-hydrogen) atoms. The largest absolute Gasteiger partial charge is 0.352 e. The van der Waals surface area contributed by atoms with E-state index in [4.69, 9.17) is 12.2 Å². The van der Waals surface area contributed by atoms with Crippen LogP contribution < -0.4 is 10.6 Å². The Hall–Kier alpha value is -2.65. The average molecular weight is 361 g/mol. The highest BCUT2D eigenvalue weighted by Gasteiger charge is 2.15. The normalized spacial score (nSPS) is 10.8. The molecule has 0 fully saturated rings. The van der Waals surface area contributed by atoms with E-state index in [9.17, 15) is 0 Å². The lowest BCUT2D eigenvalue weighted by Gasteiger charge is -2.23. The van der Waals surface area contributed by atoms with E-state index in [1.54, 1.807) is 0 Å². The van der Waals surface area contributed by atoms with Gasteiger partial charge < -0.3 is 10.6 Å². The molecule has 0 aliphatic rings. The van der Waals surface area contributed by atoms with E-state index < -0.39 is 0 Å². The third-order valence-corrected chi connectivity index (χ3v) is 4.59. The minimum absolute atomic E-state index is 0.00334. The predicted octanol–water partition coefficient (Wildman–Crippen LogP) is 5.89. The van der Waals surface area contributed by atoms with Crippen LogP contribution in [0.3, 0.4) is 0 Å². The van der Waals surface area contributed by atoms with Crippen molar-refractivity contribution in [1.82, 2.24) is 5.32 Å². The summed E-state index contributed by atoms with van der Waals surface area (Å²) in [5.74, 6) is 0.431. The van der Waals surface area contributed by atoms with Gasteiger partial charge >= 0.3 is 0 Å². The van der Waals surface area contributed by atoms with Crippen molar-refractivity contribution >= 4 is 23.0 Å². The molecule has 0 radical (unpaired) electrons. The van der Waals surface area contributed by atoms with Crippen LogP contribution >= 0.6 is 12.2 Å². The molecular weight excluding hydrogens is 336 g/mol. The number of anilines is 1. The van der Waals surface area contributed by atoms with Crippen molar-refractivity contribution < 1.29 is 0 Å². The van der Waals surface area contributed by atoms with Crippen molar-refractivity contribution in [3.63, 3.8) is 0 Å². The van der Waals surface area contributed by atoms with E-state index in [0.29, 0.717) is 11.0 Å². The van der Waals surface area contributed by atoms with Gasteiger partial charge in [0, 0.05) is 5.69 Å². The number of hydrogen-bond donors (Lipinski definition) is 2. The lowest BCUT2D eigenvalue weighted by Crippen LogP contribution is -2.33. The zero-order valence-electron chi connectivity index (χ0n) is 15.1. The topological polar surface area (TPSA) is 24.1 Å². The Balaban J connectivity index is 1.83. The minimum atomic E-state index is 0.00334. The molecular formula is C23H24N2S. The molecule has 0 aromatic heterocycles. The number of benzene rings is 3. The number of hydrogen-bond acceptors (Lipinski definition) is 1. The van der Waals surface area contributed by atoms with E-state index in [1.165, 1.54) is 16.7 Å². The van der Waals surface area contributed by atoms with Crippen LogP contribution in [0.2, 0.25) is 0 Å². The van der Waals surface area contributed by atoms with E-state index in [0.717, 1.165) is 5.69 Å². The van der Waals surface area contributed by atoms with Gasteiger partial charge in [0.15, 0.2) is 5.11 Å². The second-order valence-corrected chi connectivity index (χ2v) is 7.00. The summed E-state index contributed by atoms with van der Waals surface area (Å²) in [6, 6.07) is 29.1. The van der Waals surface area contributed by atoms with Crippen LogP contribution in [-0.2, 0) is 0 Å². The lowest BCUT2D eigenvalue weighted by molar-refractivity contribution is 0.768. The monoisotopic (exact) mass is 360 g/mol. The summed E-state index contributed by atoms with van der Waals surface area (Å²) in [5, 5.41) is 7.49. The molecule has 3 aromatic rings. The maximum Gasteiger partial charge on any atom is 0.171 e. The molecule has 2 nitrogen and oxygen atoms in total. The summed E-state index contributed by atoms with van der Waals surface area (Å²) >= 11 is 5.64. The summed E-state index contributed by atoms with van der Waals surface area (Å²) in [5.41, 5.74) is 4.67. The van der Waals surface area contributed by atoms with Gasteiger partial charge in [-0.2, -0.15) is 0 Å². The van der Waals surface area contributed by atoms with Crippen molar-refractivity contribution in [2.24, 2.45) is 0 Å². The molecule has 2 N–H and O–H groups in total. The molecule has 0 spiro atoms. The smallest absolute Gasteiger partial charge is 0.171 e. The summed E-state index contributed by atoms with van der Waals surface area (Å²) in [7, 11) is 0. The Morgan fingerprint density at radius 1 is 0.731 bits per heavy atom. The van der Waals surface area contributed by atoms with E-state index >= 15 is 0 Å². The van der Waals surface area contributed by atoms with Gasteiger partial charge in [-0.3, -0.25) is 0 Å². The van der Waals surface area contributed by atoms with Gasteiger partial charge in [-0.15, -0.1) is 0 Å². The lowest BCUT2D eigenvalue weighted by atomic mass is 9.99. The quantitative estimate of drug-likeness (QED) is 0.555. The van der Waals surface area contributed by atoms with Crippen LogP contribution in [0.25, 0.3) is 0 Å². The van der Waals surface area contributed by atoms with Gasteiger partial charge in [0.1, 0.15) is 0 Å². The molecule has 0 saturated carbocycles. The van der Waals surface area contributed by atoms with Crippen LogP contribution in [0, 0.1) is 0 Å². The minimum Gasteiger partial charge on any atom is -0.352 e. The Kier molecular flexibility index (Phi) is 6.03. The molecule has 0 aliphatic heterocycles. The summed E-state index contributed by atoms with van der Waals surface area (Å²) in [4.78, 5) is 0. The van der Waals surface area contributed by atoms with Crippen molar-refractivity contribution in [3.8, 4) is 0 Å². The Morgan fingerprint density at radius 3 is 1.77 bits per heavy atom. The molecule has 0 saturated heterocycles. The molecule has 0 atom stereocenters. The molecule has 0 aliphatic carbocycles. The molecule has 3 heteroatoms. The van der Waals surface area contributed by atoms with Gasteiger partial charge in [-0.1, -0.05) is 92.7 Å². The third kappa shape index (κ3) is 4.50. The second kappa shape index (κ2) is 8.63. The van der Waals surface area contributed by atoms with Crippen LogP contribution in [0.1, 0.15) is 42.5 Å². The number of thiocarbonyl (C=S) groups is 1. The van der Waals surface area contributed by atoms with Crippen LogP contribution in [0.4, 0.5) is 5.69 Å². The van der Waals surface area contributed by atoms with Crippen molar-refractivity contribution in [3.05, 3.63) is 102 Å². The van der Waals surface area contributed by atoms with Crippen molar-refractivity contribution in [1.29, 1.82) is 0 Å². The Bertz CT molecular complexity index is 805. The highest BCUT2D eigenvalue weighted by Crippen LogP contribution is 2.25. The summed E-state index contributed by atoms with van der Waals surface area (Å²) < 4.78 is 0. The van der Waals surface area contributed by atoms with Crippen LogP contribution in [0.5, 0.6) is 0 Å². The SMILES string of the molecule is CC(C)c1ccccc1NC(=S)NC(c1ccccc1)c1ccccc1. The number of rotatable bonds is 5. The molecule has 3 rings (SSSR count). The van der Waals surface area contributed by atoms with E-state index in [1.807, 2.05) is 18.2 Å². The first-order valence-electron chi connectivity index (χ1n) is 8.91. The molecule has 3 aromatic carbocycles. The highest BCUT2D eigenvalue weighted by molar-refractivity contribution is 7.80. The molecule has 132 valence electrons. The second-order valence-electron chi connectivity index (χ2n) is 6.59. The standard InChI is InChI=1S/C23H24N2S/c1-17(2)20-15-9-10-16-21(20)24-23(26)25-22(18-11-5-3-6-12-18)19-13-7-4-8-14-19/h3-17,22H,1-2H3,(H2,24,25,26). The summed E-state index contributed by atoms with van der Waals surface area (Å²) in [6.07, 6.45) is 0. The van der Waals surface area contributed by atoms with Gasteiger partial charge in [0.05, 0.1) is 6.04 Å².